The molecule has 11 heavy (non-hydrogen) atoms. The second-order valence-electron chi connectivity index (χ2n) is 2.51. The van der Waals surface area contributed by atoms with E-state index in [-0.39, 0.29) is 5.56 Å². The first-order valence-electron chi connectivity index (χ1n) is 3.51. The molecule has 0 saturated carbocycles. The summed E-state index contributed by atoms with van der Waals surface area (Å²) in [4.78, 5) is 10.8. The molecular formula is C7H8N2O2. The quantitative estimate of drug-likeness (QED) is 0.562. The Balaban J connectivity index is 2.51. The van der Waals surface area contributed by atoms with Gasteiger partial charge < -0.3 is 4.74 Å². The van der Waals surface area contributed by atoms with E-state index >= 15 is 0 Å². The molecule has 0 spiro atoms. The summed E-state index contributed by atoms with van der Waals surface area (Å²) in [5.41, 5.74) is 1.74. The van der Waals surface area contributed by atoms with E-state index < -0.39 is 0 Å². The molecule has 4 nitrogen and oxygen atoms in total. The highest BCUT2D eigenvalue weighted by atomic mass is 16.5. The number of fused-ring (bicyclic) bond motifs is 1. The predicted octanol–water partition coefficient (Wildman–Crippen LogP) is -0.157. The fraction of sp³-hybridized carbons (Fsp3) is 0.429. The highest BCUT2D eigenvalue weighted by Gasteiger charge is 2.10. The molecule has 4 heteroatoms. The average Bonchev–Trinajstić information content (AvgIpc) is 2.04. The van der Waals surface area contributed by atoms with Crippen molar-refractivity contribution < 1.29 is 4.74 Å². The minimum Gasteiger partial charge on any atom is -0.375 e. The van der Waals surface area contributed by atoms with E-state index in [9.17, 15) is 4.79 Å². The van der Waals surface area contributed by atoms with Crippen molar-refractivity contribution in [3.05, 3.63) is 27.7 Å². The molecule has 1 aromatic rings. The molecule has 2 rings (SSSR count). The summed E-state index contributed by atoms with van der Waals surface area (Å²) in [5.74, 6) is 0. The van der Waals surface area contributed by atoms with Crippen LogP contribution in [0, 0.1) is 0 Å². The summed E-state index contributed by atoms with van der Waals surface area (Å²) < 4.78 is 5.15. The van der Waals surface area contributed by atoms with Crippen molar-refractivity contribution in [2.45, 2.75) is 13.0 Å². The molecule has 0 bridgehead atoms. The van der Waals surface area contributed by atoms with Crippen LogP contribution in [-0.2, 0) is 17.8 Å². The van der Waals surface area contributed by atoms with Crippen LogP contribution in [0.2, 0.25) is 0 Å². The van der Waals surface area contributed by atoms with Gasteiger partial charge >= 0.3 is 0 Å². The normalized spacial score (nSPS) is 16.0. The summed E-state index contributed by atoms with van der Waals surface area (Å²) in [6, 6.07) is 1.59. The van der Waals surface area contributed by atoms with E-state index in [1.54, 1.807) is 6.07 Å². The largest absolute Gasteiger partial charge is 0.375 e. The van der Waals surface area contributed by atoms with Gasteiger partial charge in [0.05, 0.1) is 18.9 Å². The number of aromatic amines is 1. The van der Waals surface area contributed by atoms with Gasteiger partial charge in [-0.1, -0.05) is 0 Å². The van der Waals surface area contributed by atoms with E-state index in [0.717, 1.165) is 17.7 Å². The van der Waals surface area contributed by atoms with Crippen LogP contribution < -0.4 is 5.56 Å². The average molecular weight is 152 g/mol. The SMILES string of the molecule is O=c1cc2c(n[nH]1)COCC2. The zero-order chi connectivity index (χ0) is 7.68. The molecule has 2 heterocycles. The fourth-order valence-electron chi connectivity index (χ4n) is 1.16. The van der Waals surface area contributed by atoms with Crippen LogP contribution in [0.1, 0.15) is 11.3 Å². The van der Waals surface area contributed by atoms with Gasteiger partial charge in [-0.2, -0.15) is 5.10 Å². The minimum atomic E-state index is -0.134. The lowest BCUT2D eigenvalue weighted by molar-refractivity contribution is 0.106. The predicted molar refractivity (Wildman–Crippen MR) is 38.2 cm³/mol. The number of nitrogens with zero attached hydrogens (tertiary/aromatic N) is 1. The van der Waals surface area contributed by atoms with Crippen molar-refractivity contribution >= 4 is 0 Å². The Morgan fingerprint density at radius 3 is 3.45 bits per heavy atom. The first-order chi connectivity index (χ1) is 5.36. The van der Waals surface area contributed by atoms with Gasteiger partial charge in [0.2, 0.25) is 0 Å². The monoisotopic (exact) mass is 152 g/mol. The molecule has 1 aliphatic heterocycles. The minimum absolute atomic E-state index is 0.134. The Kier molecular flexibility index (Phi) is 1.47. The smallest absolute Gasteiger partial charge is 0.264 e. The molecule has 1 aliphatic rings. The lowest BCUT2D eigenvalue weighted by Crippen LogP contribution is -2.18. The van der Waals surface area contributed by atoms with E-state index in [0.29, 0.717) is 13.2 Å². The van der Waals surface area contributed by atoms with Gasteiger partial charge in [-0.15, -0.1) is 0 Å². The number of rotatable bonds is 0. The van der Waals surface area contributed by atoms with Crippen molar-refractivity contribution in [3.63, 3.8) is 0 Å². The number of H-pyrrole nitrogens is 1. The Morgan fingerprint density at radius 1 is 1.64 bits per heavy atom. The summed E-state index contributed by atoms with van der Waals surface area (Å²) in [6.45, 7) is 1.21. The number of aromatic nitrogens is 2. The summed E-state index contributed by atoms with van der Waals surface area (Å²) in [7, 11) is 0. The molecule has 1 N–H and O–H groups in total. The first-order valence-corrected chi connectivity index (χ1v) is 3.51. The molecule has 0 radical (unpaired) electrons. The standard InChI is InChI=1S/C7H8N2O2/c10-7-3-5-1-2-11-4-6(5)8-9-7/h3H,1-2,4H2,(H,9,10). The molecule has 58 valence electrons. The van der Waals surface area contributed by atoms with Crippen molar-refractivity contribution in [2.75, 3.05) is 6.61 Å². The third-order valence-corrected chi connectivity index (χ3v) is 1.73. The summed E-state index contributed by atoms with van der Waals surface area (Å²) in [6.07, 6.45) is 0.798. The maximum Gasteiger partial charge on any atom is 0.264 e. The summed E-state index contributed by atoms with van der Waals surface area (Å²) >= 11 is 0. The van der Waals surface area contributed by atoms with Gasteiger partial charge in [-0.25, -0.2) is 5.10 Å². The summed E-state index contributed by atoms with van der Waals surface area (Å²) in [5, 5.41) is 6.23. The van der Waals surface area contributed by atoms with Crippen LogP contribution in [0.15, 0.2) is 10.9 Å². The van der Waals surface area contributed by atoms with Crippen LogP contribution >= 0.6 is 0 Å². The van der Waals surface area contributed by atoms with Gasteiger partial charge in [0.15, 0.2) is 0 Å². The zero-order valence-electron chi connectivity index (χ0n) is 5.96. The second-order valence-corrected chi connectivity index (χ2v) is 2.51. The third kappa shape index (κ3) is 1.17. The Bertz CT molecular complexity index is 318. The molecule has 0 saturated heterocycles. The topological polar surface area (TPSA) is 55.0 Å². The molecule has 0 fully saturated rings. The third-order valence-electron chi connectivity index (χ3n) is 1.73. The zero-order valence-corrected chi connectivity index (χ0v) is 5.96. The van der Waals surface area contributed by atoms with Crippen LogP contribution in [0.25, 0.3) is 0 Å². The van der Waals surface area contributed by atoms with Crippen LogP contribution in [0.3, 0.4) is 0 Å². The van der Waals surface area contributed by atoms with E-state index in [4.69, 9.17) is 4.74 Å². The highest BCUT2D eigenvalue weighted by Crippen LogP contribution is 2.09. The van der Waals surface area contributed by atoms with Gasteiger partial charge in [0.1, 0.15) is 0 Å². The van der Waals surface area contributed by atoms with Crippen LogP contribution in [0.4, 0.5) is 0 Å². The van der Waals surface area contributed by atoms with Crippen molar-refractivity contribution in [1.82, 2.24) is 10.2 Å². The number of ether oxygens (including phenoxy) is 1. The van der Waals surface area contributed by atoms with E-state index in [1.165, 1.54) is 0 Å². The lowest BCUT2D eigenvalue weighted by atomic mass is 10.1. The first kappa shape index (κ1) is 6.54. The second kappa shape index (κ2) is 2.47. The van der Waals surface area contributed by atoms with Crippen LogP contribution in [0.5, 0.6) is 0 Å². The Morgan fingerprint density at radius 2 is 2.55 bits per heavy atom. The van der Waals surface area contributed by atoms with Gasteiger partial charge in [-0.05, 0) is 12.0 Å². The van der Waals surface area contributed by atoms with E-state index in [2.05, 4.69) is 10.2 Å². The molecular weight excluding hydrogens is 144 g/mol. The van der Waals surface area contributed by atoms with Gasteiger partial charge in [0.25, 0.3) is 5.56 Å². The Hall–Kier alpha value is -1.16. The van der Waals surface area contributed by atoms with Crippen molar-refractivity contribution in [1.29, 1.82) is 0 Å². The Labute approximate surface area is 63.2 Å². The maximum absolute atomic E-state index is 10.8. The molecule has 0 atom stereocenters. The number of hydrogen-bond donors (Lipinski definition) is 1. The van der Waals surface area contributed by atoms with Gasteiger partial charge in [-0.3, -0.25) is 4.79 Å². The number of hydrogen-bond acceptors (Lipinski definition) is 3. The maximum atomic E-state index is 10.8. The number of nitrogens with one attached hydrogen (secondary N) is 1. The van der Waals surface area contributed by atoms with Crippen LogP contribution in [-0.4, -0.2) is 16.8 Å². The molecule has 0 amide bonds. The van der Waals surface area contributed by atoms with Crippen molar-refractivity contribution in [2.24, 2.45) is 0 Å². The fourth-order valence-corrected chi connectivity index (χ4v) is 1.16. The molecule has 0 aromatic carbocycles. The lowest BCUT2D eigenvalue weighted by Gasteiger charge is -2.13. The van der Waals surface area contributed by atoms with Crippen molar-refractivity contribution in [3.8, 4) is 0 Å². The van der Waals surface area contributed by atoms with Gasteiger partial charge in [0, 0.05) is 6.07 Å². The molecule has 0 unspecified atom stereocenters. The highest BCUT2D eigenvalue weighted by molar-refractivity contribution is 5.18. The van der Waals surface area contributed by atoms with E-state index in [1.807, 2.05) is 0 Å². The molecule has 0 aliphatic carbocycles. The molecule has 1 aromatic heterocycles.